The van der Waals surface area contributed by atoms with Gasteiger partial charge in [0.05, 0.1) is 6.20 Å². The molecule has 4 nitrogen and oxygen atoms in total. The van der Waals surface area contributed by atoms with Crippen LogP contribution < -0.4 is 5.73 Å². The smallest absolute Gasteiger partial charge is 0.138 e. The summed E-state index contributed by atoms with van der Waals surface area (Å²) < 4.78 is 2.07. The quantitative estimate of drug-likeness (QED) is 0.375. The van der Waals surface area contributed by atoms with E-state index >= 15 is 0 Å². The zero-order valence-corrected chi connectivity index (χ0v) is 17.9. The Balaban J connectivity index is 1.81. The number of hydrogen-bond acceptors (Lipinski definition) is 3. The average molecular weight is 417 g/mol. The molecule has 0 fully saturated rings. The molecule has 5 aromatic rings. The third-order valence-electron chi connectivity index (χ3n) is 5.94. The van der Waals surface area contributed by atoms with Crippen LogP contribution in [0.4, 0.5) is 5.82 Å². The van der Waals surface area contributed by atoms with Crippen molar-refractivity contribution in [2.45, 2.75) is 12.5 Å². The number of aromatic nitrogens is 3. The van der Waals surface area contributed by atoms with Crippen LogP contribution in [0.5, 0.6) is 0 Å². The lowest BCUT2D eigenvalue weighted by molar-refractivity contribution is 0.460. The van der Waals surface area contributed by atoms with Crippen LogP contribution in [-0.4, -0.2) is 14.8 Å². The van der Waals surface area contributed by atoms with Gasteiger partial charge in [-0.05, 0) is 35.2 Å². The van der Waals surface area contributed by atoms with Gasteiger partial charge in [-0.1, -0.05) is 91.0 Å². The van der Waals surface area contributed by atoms with Gasteiger partial charge in [0.25, 0.3) is 0 Å². The number of benzene rings is 3. The molecular weight excluding hydrogens is 392 g/mol. The van der Waals surface area contributed by atoms with Crippen molar-refractivity contribution in [1.82, 2.24) is 14.8 Å². The topological polar surface area (TPSA) is 56.7 Å². The van der Waals surface area contributed by atoms with Crippen LogP contribution in [0.25, 0.3) is 11.1 Å². The Morgan fingerprint density at radius 1 is 0.719 bits per heavy atom. The number of nitrogens with zero attached hydrogens (tertiary/aromatic N) is 3. The third-order valence-corrected chi connectivity index (χ3v) is 5.94. The first-order valence-corrected chi connectivity index (χ1v) is 10.6. The molecule has 0 radical (unpaired) electrons. The van der Waals surface area contributed by atoms with E-state index in [1.807, 2.05) is 43.6 Å². The summed E-state index contributed by atoms with van der Waals surface area (Å²) in [5.74, 6) is 0.519. The maximum atomic E-state index is 5.88. The first-order chi connectivity index (χ1) is 15.7. The van der Waals surface area contributed by atoms with Crippen molar-refractivity contribution in [2.75, 3.05) is 5.73 Å². The molecule has 4 heteroatoms. The molecule has 0 aliphatic rings. The SMILES string of the molecule is Cc1cc(N)ncc1-c1cnn(C(c2ccccc2)(c2ccccc2)c2ccccc2)c1. The van der Waals surface area contributed by atoms with Crippen molar-refractivity contribution in [3.8, 4) is 11.1 Å². The molecule has 0 amide bonds. The minimum absolute atomic E-state index is 0.519. The fourth-order valence-corrected chi connectivity index (χ4v) is 4.46. The van der Waals surface area contributed by atoms with Gasteiger partial charge in [0.15, 0.2) is 0 Å². The summed E-state index contributed by atoms with van der Waals surface area (Å²) in [6, 6.07) is 33.5. The monoisotopic (exact) mass is 416 g/mol. The number of aryl methyl sites for hydroxylation is 1. The van der Waals surface area contributed by atoms with E-state index in [-0.39, 0.29) is 0 Å². The first-order valence-electron chi connectivity index (χ1n) is 10.6. The second-order valence-corrected chi connectivity index (χ2v) is 7.91. The van der Waals surface area contributed by atoms with Gasteiger partial charge in [-0.25, -0.2) is 4.98 Å². The standard InChI is InChI=1S/C28H24N4/c1-21-17-27(29)30-19-26(21)22-18-31-32(20-22)28(23-11-5-2-6-12-23,24-13-7-3-8-14-24)25-15-9-4-10-16-25/h2-20H,1H3,(H2,29,30). The number of anilines is 1. The number of nitrogen functional groups attached to an aromatic ring is 1. The molecule has 0 aliphatic heterocycles. The summed E-state index contributed by atoms with van der Waals surface area (Å²) in [6.45, 7) is 2.05. The molecule has 0 saturated carbocycles. The Labute approximate surface area is 188 Å². The van der Waals surface area contributed by atoms with Crippen LogP contribution in [0.15, 0.2) is 116 Å². The van der Waals surface area contributed by atoms with Crippen molar-refractivity contribution in [2.24, 2.45) is 0 Å². The Kier molecular flexibility index (Phi) is 5.04. The molecule has 0 atom stereocenters. The molecule has 0 unspecified atom stereocenters. The molecule has 0 spiro atoms. The highest BCUT2D eigenvalue weighted by Crippen LogP contribution is 2.41. The predicted molar refractivity (Wildman–Crippen MR) is 129 cm³/mol. The maximum Gasteiger partial charge on any atom is 0.138 e. The van der Waals surface area contributed by atoms with Crippen molar-refractivity contribution in [3.05, 3.63) is 138 Å². The number of pyridine rings is 1. The molecule has 32 heavy (non-hydrogen) atoms. The normalized spacial score (nSPS) is 11.4. The second kappa shape index (κ2) is 8.16. The molecule has 5 rings (SSSR count). The number of rotatable bonds is 5. The van der Waals surface area contributed by atoms with Crippen molar-refractivity contribution in [3.63, 3.8) is 0 Å². The van der Waals surface area contributed by atoms with Crippen LogP contribution in [0.3, 0.4) is 0 Å². The molecule has 0 bridgehead atoms. The van der Waals surface area contributed by atoms with Gasteiger partial charge >= 0.3 is 0 Å². The fourth-order valence-electron chi connectivity index (χ4n) is 4.46. The van der Waals surface area contributed by atoms with Crippen LogP contribution in [0.2, 0.25) is 0 Å². The van der Waals surface area contributed by atoms with E-state index in [9.17, 15) is 0 Å². The second-order valence-electron chi connectivity index (χ2n) is 7.91. The lowest BCUT2D eigenvalue weighted by Crippen LogP contribution is -2.38. The van der Waals surface area contributed by atoms with Gasteiger partial charge in [-0.15, -0.1) is 0 Å². The van der Waals surface area contributed by atoms with Crippen LogP contribution >= 0.6 is 0 Å². The van der Waals surface area contributed by atoms with Crippen molar-refractivity contribution < 1.29 is 0 Å². The Bertz CT molecular complexity index is 1230. The summed E-state index contributed by atoms with van der Waals surface area (Å²) in [5.41, 5.74) is 11.8. The molecule has 2 heterocycles. The van der Waals surface area contributed by atoms with Crippen molar-refractivity contribution >= 4 is 5.82 Å². The molecular formula is C28H24N4. The van der Waals surface area contributed by atoms with Crippen LogP contribution in [0, 0.1) is 6.92 Å². The molecule has 0 saturated heterocycles. The lowest BCUT2D eigenvalue weighted by atomic mass is 9.77. The third kappa shape index (κ3) is 3.26. The Morgan fingerprint density at radius 2 is 1.22 bits per heavy atom. The predicted octanol–water partition coefficient (Wildman–Crippen LogP) is 5.68. The maximum absolute atomic E-state index is 5.88. The van der Waals surface area contributed by atoms with E-state index in [4.69, 9.17) is 10.8 Å². The summed E-state index contributed by atoms with van der Waals surface area (Å²) in [7, 11) is 0. The van der Waals surface area contributed by atoms with E-state index in [0.717, 1.165) is 33.4 Å². The average Bonchev–Trinajstić information content (AvgIpc) is 3.32. The number of nitrogens with two attached hydrogens (primary N) is 1. The molecule has 2 aromatic heterocycles. The minimum atomic E-state index is -0.628. The molecule has 3 aromatic carbocycles. The van der Waals surface area contributed by atoms with Gasteiger partial charge in [0.1, 0.15) is 11.4 Å². The highest BCUT2D eigenvalue weighted by atomic mass is 15.3. The van der Waals surface area contributed by atoms with Crippen LogP contribution in [0.1, 0.15) is 22.3 Å². The van der Waals surface area contributed by atoms with E-state index in [0.29, 0.717) is 5.82 Å². The highest BCUT2D eigenvalue weighted by molar-refractivity contribution is 5.66. The first kappa shape index (κ1) is 19.8. The summed E-state index contributed by atoms with van der Waals surface area (Å²) in [5, 5.41) is 4.92. The van der Waals surface area contributed by atoms with Crippen LogP contribution in [-0.2, 0) is 5.54 Å². The van der Waals surface area contributed by atoms with E-state index in [2.05, 4.69) is 88.7 Å². The zero-order valence-electron chi connectivity index (χ0n) is 17.9. The van der Waals surface area contributed by atoms with Gasteiger partial charge in [-0.2, -0.15) is 5.10 Å². The molecule has 156 valence electrons. The van der Waals surface area contributed by atoms with Gasteiger partial charge in [0.2, 0.25) is 0 Å². The minimum Gasteiger partial charge on any atom is -0.384 e. The largest absolute Gasteiger partial charge is 0.384 e. The number of hydrogen-bond donors (Lipinski definition) is 1. The fraction of sp³-hybridized carbons (Fsp3) is 0.0714. The van der Waals surface area contributed by atoms with Gasteiger partial charge in [-0.3, -0.25) is 4.68 Å². The van der Waals surface area contributed by atoms with E-state index in [1.165, 1.54) is 0 Å². The van der Waals surface area contributed by atoms with Crippen molar-refractivity contribution in [1.29, 1.82) is 0 Å². The van der Waals surface area contributed by atoms with Gasteiger partial charge in [0, 0.05) is 23.5 Å². The molecule has 0 aliphatic carbocycles. The van der Waals surface area contributed by atoms with E-state index in [1.54, 1.807) is 0 Å². The molecule has 2 N–H and O–H groups in total. The van der Waals surface area contributed by atoms with Gasteiger partial charge < -0.3 is 5.73 Å². The summed E-state index contributed by atoms with van der Waals surface area (Å²) in [4.78, 5) is 4.30. The zero-order chi connectivity index (χ0) is 22.0. The Morgan fingerprint density at radius 3 is 1.69 bits per heavy atom. The Hall–Kier alpha value is -4.18. The lowest BCUT2D eigenvalue weighted by Gasteiger charge is -2.36. The highest BCUT2D eigenvalue weighted by Gasteiger charge is 2.39. The summed E-state index contributed by atoms with van der Waals surface area (Å²) in [6.07, 6.45) is 5.83. The van der Waals surface area contributed by atoms with E-state index < -0.39 is 5.54 Å². The summed E-state index contributed by atoms with van der Waals surface area (Å²) >= 11 is 0.